The zero-order valence-electron chi connectivity index (χ0n) is 11.4. The number of nitrogens with two attached hydrogens (primary N) is 2. The van der Waals surface area contributed by atoms with Crippen LogP contribution in [0.3, 0.4) is 0 Å². The number of carbonyl (C=O) groups excluding carboxylic acids is 1. The highest BCUT2D eigenvalue weighted by molar-refractivity contribution is 5.75. The molecule has 5 heteroatoms. The van der Waals surface area contributed by atoms with E-state index in [9.17, 15) is 9.18 Å². The highest BCUT2D eigenvalue weighted by Crippen LogP contribution is 2.12. The summed E-state index contributed by atoms with van der Waals surface area (Å²) in [6, 6.07) is 4.88. The fraction of sp³-hybridized carbons (Fsp3) is 0.500. The van der Waals surface area contributed by atoms with Crippen molar-refractivity contribution in [3.63, 3.8) is 0 Å². The van der Waals surface area contributed by atoms with Crippen molar-refractivity contribution >= 4 is 5.91 Å². The number of halogens is 1. The largest absolute Gasteiger partial charge is 0.369 e. The highest BCUT2D eigenvalue weighted by atomic mass is 19.1. The number of nitrogens with zero attached hydrogens (tertiary/aromatic N) is 1. The summed E-state index contributed by atoms with van der Waals surface area (Å²) in [4.78, 5) is 13.0. The Hall–Kier alpha value is -1.46. The minimum atomic E-state index is -0.350. The van der Waals surface area contributed by atoms with Gasteiger partial charge < -0.3 is 11.5 Å². The summed E-state index contributed by atoms with van der Waals surface area (Å²) < 4.78 is 13.4. The molecule has 0 fully saturated rings. The molecule has 1 aromatic rings. The molecule has 0 saturated heterocycles. The molecule has 0 aromatic heterocycles. The molecule has 1 amide bonds. The summed E-state index contributed by atoms with van der Waals surface area (Å²) in [6.45, 7) is 3.86. The van der Waals surface area contributed by atoms with Gasteiger partial charge in [0.05, 0.1) is 6.54 Å². The van der Waals surface area contributed by atoms with Crippen molar-refractivity contribution in [3.8, 4) is 0 Å². The second-order valence-corrected chi connectivity index (χ2v) is 4.66. The Morgan fingerprint density at radius 1 is 1.42 bits per heavy atom. The smallest absolute Gasteiger partial charge is 0.231 e. The van der Waals surface area contributed by atoms with Crippen LogP contribution in [0, 0.1) is 5.82 Å². The van der Waals surface area contributed by atoms with Gasteiger partial charge in [-0.25, -0.2) is 4.39 Å². The van der Waals surface area contributed by atoms with E-state index in [0.29, 0.717) is 12.1 Å². The lowest BCUT2D eigenvalue weighted by atomic mass is 10.1. The van der Waals surface area contributed by atoms with Gasteiger partial charge in [-0.05, 0) is 24.6 Å². The predicted molar refractivity (Wildman–Crippen MR) is 73.7 cm³/mol. The Morgan fingerprint density at radius 2 is 2.16 bits per heavy atom. The topological polar surface area (TPSA) is 72.3 Å². The van der Waals surface area contributed by atoms with Gasteiger partial charge in [0.25, 0.3) is 0 Å². The lowest BCUT2D eigenvalue weighted by Crippen LogP contribution is -2.34. The van der Waals surface area contributed by atoms with E-state index in [0.717, 1.165) is 24.9 Å². The maximum absolute atomic E-state index is 13.4. The molecule has 0 unspecified atom stereocenters. The molecule has 0 heterocycles. The maximum Gasteiger partial charge on any atom is 0.231 e. The highest BCUT2D eigenvalue weighted by Gasteiger charge is 2.10. The molecule has 4 nitrogen and oxygen atoms in total. The van der Waals surface area contributed by atoms with E-state index in [1.807, 2.05) is 4.90 Å². The zero-order chi connectivity index (χ0) is 14.3. The van der Waals surface area contributed by atoms with Gasteiger partial charge >= 0.3 is 0 Å². The van der Waals surface area contributed by atoms with Crippen molar-refractivity contribution in [2.24, 2.45) is 11.5 Å². The van der Waals surface area contributed by atoms with Crippen LogP contribution in [0.4, 0.5) is 4.39 Å². The molecule has 0 atom stereocenters. The van der Waals surface area contributed by atoms with E-state index < -0.39 is 0 Å². The maximum atomic E-state index is 13.4. The van der Waals surface area contributed by atoms with Gasteiger partial charge in [0, 0.05) is 18.7 Å². The normalized spacial score (nSPS) is 10.9. The summed E-state index contributed by atoms with van der Waals surface area (Å²) in [5, 5.41) is 0. The van der Waals surface area contributed by atoms with Crippen molar-refractivity contribution in [3.05, 3.63) is 35.1 Å². The molecule has 0 aliphatic heterocycles. The third kappa shape index (κ3) is 5.36. The van der Waals surface area contributed by atoms with Crippen molar-refractivity contribution < 1.29 is 9.18 Å². The Bertz CT molecular complexity index is 423. The second-order valence-electron chi connectivity index (χ2n) is 4.66. The lowest BCUT2D eigenvalue weighted by molar-refractivity contribution is -0.119. The van der Waals surface area contributed by atoms with Gasteiger partial charge in [-0.1, -0.05) is 25.5 Å². The molecule has 1 aromatic carbocycles. The molecule has 106 valence electrons. The van der Waals surface area contributed by atoms with Gasteiger partial charge in [0.15, 0.2) is 0 Å². The van der Waals surface area contributed by atoms with Gasteiger partial charge in [-0.15, -0.1) is 0 Å². The number of hydrogen-bond donors (Lipinski definition) is 2. The van der Waals surface area contributed by atoms with E-state index in [1.54, 1.807) is 12.1 Å². The number of primary amides is 1. The molecule has 19 heavy (non-hydrogen) atoms. The first kappa shape index (κ1) is 15.6. The fourth-order valence-electron chi connectivity index (χ4n) is 1.96. The van der Waals surface area contributed by atoms with Crippen LogP contribution in [0.2, 0.25) is 0 Å². The van der Waals surface area contributed by atoms with Crippen LogP contribution in [0.1, 0.15) is 30.9 Å². The number of unbranched alkanes of at least 4 members (excludes halogenated alkanes) is 1. The van der Waals surface area contributed by atoms with Crippen LogP contribution in [-0.4, -0.2) is 23.9 Å². The summed E-state index contributed by atoms with van der Waals surface area (Å²) in [5.41, 5.74) is 12.2. The molecule has 0 saturated carbocycles. The monoisotopic (exact) mass is 267 g/mol. The molecular formula is C14H22FN3O. The molecule has 0 spiro atoms. The number of rotatable bonds is 8. The summed E-state index contributed by atoms with van der Waals surface area (Å²) >= 11 is 0. The molecule has 0 aliphatic carbocycles. The average molecular weight is 267 g/mol. The third-order valence-electron chi connectivity index (χ3n) is 2.94. The zero-order valence-corrected chi connectivity index (χ0v) is 11.4. The molecule has 1 rings (SSSR count). The van der Waals surface area contributed by atoms with Gasteiger partial charge in [0.1, 0.15) is 5.82 Å². The van der Waals surface area contributed by atoms with Crippen LogP contribution < -0.4 is 11.5 Å². The summed E-state index contributed by atoms with van der Waals surface area (Å²) in [5.74, 6) is -0.640. The van der Waals surface area contributed by atoms with Crippen LogP contribution in [-0.2, 0) is 17.9 Å². The van der Waals surface area contributed by atoms with Gasteiger partial charge in [-0.3, -0.25) is 9.69 Å². The van der Waals surface area contributed by atoms with Gasteiger partial charge in [0.2, 0.25) is 5.91 Å². The van der Waals surface area contributed by atoms with E-state index in [1.165, 1.54) is 6.07 Å². The quantitative estimate of drug-likeness (QED) is 0.747. The van der Waals surface area contributed by atoms with Crippen LogP contribution in [0.25, 0.3) is 0 Å². The summed E-state index contributed by atoms with van der Waals surface area (Å²) in [6.07, 6.45) is 2.05. The van der Waals surface area contributed by atoms with Crippen molar-refractivity contribution in [2.45, 2.75) is 32.9 Å². The second kappa shape index (κ2) is 7.86. The molecule has 0 radical (unpaired) electrons. The fourth-order valence-corrected chi connectivity index (χ4v) is 1.96. The summed E-state index contributed by atoms with van der Waals surface area (Å²) in [7, 11) is 0. The van der Waals surface area contributed by atoms with E-state index in [-0.39, 0.29) is 24.8 Å². The molecular weight excluding hydrogens is 245 g/mol. The van der Waals surface area contributed by atoms with E-state index >= 15 is 0 Å². The molecule has 0 bridgehead atoms. The lowest BCUT2D eigenvalue weighted by Gasteiger charge is -2.20. The Morgan fingerprint density at radius 3 is 2.74 bits per heavy atom. The van der Waals surface area contributed by atoms with Crippen molar-refractivity contribution in [1.29, 1.82) is 0 Å². The molecule has 0 aliphatic rings. The first-order valence-electron chi connectivity index (χ1n) is 6.54. The van der Waals surface area contributed by atoms with Crippen LogP contribution in [0.5, 0.6) is 0 Å². The number of amides is 1. The first-order valence-corrected chi connectivity index (χ1v) is 6.54. The minimum Gasteiger partial charge on any atom is -0.369 e. The average Bonchev–Trinajstić information content (AvgIpc) is 2.37. The van der Waals surface area contributed by atoms with Gasteiger partial charge in [-0.2, -0.15) is 0 Å². The van der Waals surface area contributed by atoms with Crippen molar-refractivity contribution in [2.75, 3.05) is 13.1 Å². The SMILES string of the molecule is CCCCN(CC(N)=O)Cc1ccc(F)c(CN)c1. The standard InChI is InChI=1S/C14H22FN3O/c1-2-3-6-18(10-14(17)19)9-11-4-5-13(15)12(7-11)8-16/h4-5,7H,2-3,6,8-10,16H2,1H3,(H2,17,19). The third-order valence-corrected chi connectivity index (χ3v) is 2.94. The first-order chi connectivity index (χ1) is 9.06. The number of carbonyl (C=O) groups is 1. The van der Waals surface area contributed by atoms with E-state index in [2.05, 4.69) is 6.92 Å². The number of hydrogen-bond acceptors (Lipinski definition) is 3. The Balaban J connectivity index is 2.74. The van der Waals surface area contributed by atoms with Crippen molar-refractivity contribution in [1.82, 2.24) is 4.90 Å². The van der Waals surface area contributed by atoms with Crippen LogP contribution >= 0.6 is 0 Å². The Labute approximate surface area is 113 Å². The van der Waals surface area contributed by atoms with Crippen LogP contribution in [0.15, 0.2) is 18.2 Å². The molecule has 4 N–H and O–H groups in total. The minimum absolute atomic E-state index is 0.171. The Kier molecular flexibility index (Phi) is 6.45. The van der Waals surface area contributed by atoms with E-state index in [4.69, 9.17) is 11.5 Å². The predicted octanol–water partition coefficient (Wildman–Crippen LogP) is 1.37. The number of benzene rings is 1.